The number of carbonyl (C=O) groups is 2. The fourth-order valence-corrected chi connectivity index (χ4v) is 1.95. The Labute approximate surface area is 140 Å². The van der Waals surface area contributed by atoms with Gasteiger partial charge in [0.05, 0.1) is 7.11 Å². The predicted molar refractivity (Wildman–Crippen MR) is 90.7 cm³/mol. The maximum absolute atomic E-state index is 11.7. The van der Waals surface area contributed by atoms with Crippen LogP contribution in [0.4, 0.5) is 5.69 Å². The highest BCUT2D eigenvalue weighted by Gasteiger charge is 2.06. The molecule has 2 amide bonds. The highest BCUT2D eigenvalue weighted by molar-refractivity contribution is 5.91. The van der Waals surface area contributed by atoms with Crippen molar-refractivity contribution >= 4 is 17.5 Å². The van der Waals surface area contributed by atoms with Gasteiger partial charge in [0.15, 0.2) is 0 Å². The van der Waals surface area contributed by atoms with Crippen LogP contribution >= 0.6 is 0 Å². The predicted octanol–water partition coefficient (Wildman–Crippen LogP) is 1.97. The molecule has 0 atom stereocenters. The second kappa shape index (κ2) is 9.32. The second-order valence-electron chi connectivity index (χ2n) is 5.03. The van der Waals surface area contributed by atoms with Crippen LogP contribution in [0, 0.1) is 0 Å². The summed E-state index contributed by atoms with van der Waals surface area (Å²) in [5.41, 5.74) is 1.64. The summed E-state index contributed by atoms with van der Waals surface area (Å²) in [6, 6.07) is 16.4. The maximum atomic E-state index is 11.7. The van der Waals surface area contributed by atoms with E-state index in [1.54, 1.807) is 19.2 Å². The van der Waals surface area contributed by atoms with Crippen LogP contribution < -0.4 is 15.4 Å². The van der Waals surface area contributed by atoms with E-state index in [2.05, 4.69) is 10.6 Å². The lowest BCUT2D eigenvalue weighted by Gasteiger charge is -2.08. The molecule has 2 N–H and O–H groups in total. The number of carbonyl (C=O) groups excluding carboxylic acids is 2. The number of amides is 2. The van der Waals surface area contributed by atoms with Crippen LogP contribution in [-0.4, -0.2) is 32.1 Å². The van der Waals surface area contributed by atoms with Gasteiger partial charge in [-0.1, -0.05) is 30.3 Å². The standard InChI is InChI=1S/C18H20N2O4/c1-23-16-9-7-14(8-10-16)11-19-17(21)12-24-13-18(22)20-15-5-3-2-4-6-15/h2-10H,11-13H2,1H3,(H,19,21)(H,20,22). The Hall–Kier alpha value is -2.86. The van der Waals surface area contributed by atoms with Gasteiger partial charge in [-0.2, -0.15) is 0 Å². The summed E-state index contributed by atoms with van der Waals surface area (Å²) >= 11 is 0. The molecule has 0 aliphatic carbocycles. The molecule has 24 heavy (non-hydrogen) atoms. The van der Waals surface area contributed by atoms with Gasteiger partial charge < -0.3 is 20.1 Å². The minimum atomic E-state index is -0.302. The van der Waals surface area contributed by atoms with Crippen molar-refractivity contribution in [3.05, 3.63) is 60.2 Å². The van der Waals surface area contributed by atoms with E-state index in [0.29, 0.717) is 12.2 Å². The second-order valence-corrected chi connectivity index (χ2v) is 5.03. The Balaban J connectivity index is 1.63. The molecule has 2 aromatic rings. The molecular weight excluding hydrogens is 308 g/mol. The first-order valence-corrected chi connectivity index (χ1v) is 7.49. The molecule has 0 radical (unpaired) electrons. The third-order valence-electron chi connectivity index (χ3n) is 3.17. The van der Waals surface area contributed by atoms with Crippen molar-refractivity contribution in [1.29, 1.82) is 0 Å². The van der Waals surface area contributed by atoms with Gasteiger partial charge in [0.25, 0.3) is 0 Å². The zero-order valence-corrected chi connectivity index (χ0v) is 13.5. The van der Waals surface area contributed by atoms with Gasteiger partial charge in [0, 0.05) is 12.2 Å². The highest BCUT2D eigenvalue weighted by atomic mass is 16.5. The fraction of sp³-hybridized carbons (Fsp3) is 0.222. The average Bonchev–Trinajstić information content (AvgIpc) is 2.61. The highest BCUT2D eigenvalue weighted by Crippen LogP contribution is 2.10. The first kappa shape index (κ1) is 17.5. The number of anilines is 1. The molecule has 0 aromatic heterocycles. The van der Waals surface area contributed by atoms with Gasteiger partial charge in [0.1, 0.15) is 19.0 Å². The van der Waals surface area contributed by atoms with E-state index in [-0.39, 0.29) is 25.0 Å². The van der Waals surface area contributed by atoms with Gasteiger partial charge in [-0.15, -0.1) is 0 Å². The van der Waals surface area contributed by atoms with E-state index in [0.717, 1.165) is 11.3 Å². The number of benzene rings is 2. The Kier molecular flexibility index (Phi) is 6.79. The molecule has 0 saturated carbocycles. The molecule has 2 aromatic carbocycles. The molecule has 0 bridgehead atoms. The van der Waals surface area contributed by atoms with Gasteiger partial charge >= 0.3 is 0 Å². The zero-order valence-electron chi connectivity index (χ0n) is 13.5. The zero-order chi connectivity index (χ0) is 17.2. The Morgan fingerprint density at radius 2 is 1.58 bits per heavy atom. The molecule has 6 heteroatoms. The number of hydrogen-bond donors (Lipinski definition) is 2. The molecule has 0 fully saturated rings. The van der Waals surface area contributed by atoms with Crippen molar-refractivity contribution in [1.82, 2.24) is 5.32 Å². The van der Waals surface area contributed by atoms with Gasteiger partial charge in [-0.25, -0.2) is 0 Å². The SMILES string of the molecule is COc1ccc(CNC(=O)COCC(=O)Nc2ccccc2)cc1. The van der Waals surface area contributed by atoms with Crippen LogP contribution in [0.5, 0.6) is 5.75 Å². The van der Waals surface area contributed by atoms with E-state index in [4.69, 9.17) is 9.47 Å². The molecule has 0 spiro atoms. The fourth-order valence-electron chi connectivity index (χ4n) is 1.95. The summed E-state index contributed by atoms with van der Waals surface area (Å²) in [6.07, 6.45) is 0. The minimum Gasteiger partial charge on any atom is -0.497 e. The smallest absolute Gasteiger partial charge is 0.250 e. The van der Waals surface area contributed by atoms with Crippen LogP contribution in [0.1, 0.15) is 5.56 Å². The van der Waals surface area contributed by atoms with Crippen LogP contribution in [0.2, 0.25) is 0 Å². The van der Waals surface area contributed by atoms with Crippen molar-refractivity contribution in [2.24, 2.45) is 0 Å². The third-order valence-corrected chi connectivity index (χ3v) is 3.17. The Morgan fingerprint density at radius 1 is 0.917 bits per heavy atom. The van der Waals surface area contributed by atoms with Crippen molar-refractivity contribution < 1.29 is 19.1 Å². The van der Waals surface area contributed by atoms with Gasteiger partial charge in [-0.3, -0.25) is 9.59 Å². The van der Waals surface area contributed by atoms with Crippen LogP contribution in [0.3, 0.4) is 0 Å². The van der Waals surface area contributed by atoms with Gasteiger partial charge in [0.2, 0.25) is 11.8 Å². The van der Waals surface area contributed by atoms with Crippen molar-refractivity contribution in [2.45, 2.75) is 6.54 Å². The van der Waals surface area contributed by atoms with E-state index < -0.39 is 0 Å². The Morgan fingerprint density at radius 3 is 2.25 bits per heavy atom. The average molecular weight is 328 g/mol. The van der Waals surface area contributed by atoms with Gasteiger partial charge in [-0.05, 0) is 29.8 Å². The van der Waals surface area contributed by atoms with E-state index in [1.165, 1.54) is 0 Å². The van der Waals surface area contributed by atoms with E-state index in [9.17, 15) is 9.59 Å². The van der Waals surface area contributed by atoms with Crippen molar-refractivity contribution in [3.8, 4) is 5.75 Å². The quantitative estimate of drug-likeness (QED) is 0.777. The number of nitrogens with one attached hydrogen (secondary N) is 2. The van der Waals surface area contributed by atoms with E-state index in [1.807, 2.05) is 42.5 Å². The van der Waals surface area contributed by atoms with E-state index >= 15 is 0 Å². The first-order chi connectivity index (χ1) is 11.7. The lowest BCUT2D eigenvalue weighted by Crippen LogP contribution is -2.29. The summed E-state index contributed by atoms with van der Waals surface area (Å²) < 4.78 is 10.2. The summed E-state index contributed by atoms with van der Waals surface area (Å²) in [5.74, 6) is 0.181. The largest absolute Gasteiger partial charge is 0.497 e. The summed E-state index contributed by atoms with van der Waals surface area (Å²) in [7, 11) is 1.60. The van der Waals surface area contributed by atoms with Crippen LogP contribution in [-0.2, 0) is 20.9 Å². The molecule has 126 valence electrons. The number of para-hydroxylation sites is 1. The molecular formula is C18H20N2O4. The molecule has 0 saturated heterocycles. The van der Waals surface area contributed by atoms with Crippen molar-refractivity contribution in [3.63, 3.8) is 0 Å². The topological polar surface area (TPSA) is 76.7 Å². The lowest BCUT2D eigenvalue weighted by molar-refractivity contribution is -0.128. The summed E-state index contributed by atoms with van der Waals surface area (Å²) in [4.78, 5) is 23.3. The molecule has 0 unspecified atom stereocenters. The third kappa shape index (κ3) is 6.10. The summed E-state index contributed by atoms with van der Waals surface area (Å²) in [6.45, 7) is 0.0472. The maximum Gasteiger partial charge on any atom is 0.250 e. The molecule has 6 nitrogen and oxygen atoms in total. The Bertz CT molecular complexity index is 656. The number of ether oxygens (including phenoxy) is 2. The molecule has 0 aliphatic heterocycles. The molecule has 2 rings (SSSR count). The lowest BCUT2D eigenvalue weighted by atomic mass is 10.2. The van der Waals surface area contributed by atoms with Crippen LogP contribution in [0.25, 0.3) is 0 Å². The monoisotopic (exact) mass is 328 g/mol. The number of hydrogen-bond acceptors (Lipinski definition) is 4. The van der Waals surface area contributed by atoms with Crippen molar-refractivity contribution in [2.75, 3.05) is 25.6 Å². The minimum absolute atomic E-state index is 0.168. The number of rotatable bonds is 8. The number of methoxy groups -OCH3 is 1. The molecule has 0 aliphatic rings. The van der Waals surface area contributed by atoms with Crippen LogP contribution in [0.15, 0.2) is 54.6 Å². The normalized spacial score (nSPS) is 10.0. The summed E-state index contributed by atoms with van der Waals surface area (Å²) in [5, 5.41) is 5.40. The molecule has 0 heterocycles. The first-order valence-electron chi connectivity index (χ1n) is 7.49.